The summed E-state index contributed by atoms with van der Waals surface area (Å²) < 4.78 is 0. The number of nitrogen functional groups attached to an aromatic ring is 1. The highest BCUT2D eigenvalue weighted by atomic mass is 32.1. The van der Waals surface area contributed by atoms with Gasteiger partial charge in [0, 0.05) is 23.5 Å². The SMILES string of the molecule is Nc1ccsc1CNC1CCC(=O)NC1=O. The lowest BCUT2D eigenvalue weighted by Crippen LogP contribution is -2.50. The summed E-state index contributed by atoms with van der Waals surface area (Å²) in [4.78, 5) is 23.4. The fourth-order valence-corrected chi connectivity index (χ4v) is 2.35. The van der Waals surface area contributed by atoms with E-state index >= 15 is 0 Å². The predicted octanol–water partition coefficient (Wildman–Crippen LogP) is 0.225. The maximum absolute atomic E-state index is 11.4. The number of piperidine rings is 1. The second-order valence-electron chi connectivity index (χ2n) is 3.68. The zero-order valence-corrected chi connectivity index (χ0v) is 9.47. The first-order valence-electron chi connectivity index (χ1n) is 5.06. The van der Waals surface area contributed by atoms with E-state index in [4.69, 9.17) is 5.73 Å². The fourth-order valence-electron chi connectivity index (χ4n) is 1.60. The fraction of sp³-hybridized carbons (Fsp3) is 0.400. The first kappa shape index (κ1) is 11.1. The molecule has 1 fully saturated rings. The topological polar surface area (TPSA) is 84.2 Å². The number of hydrogen-bond donors (Lipinski definition) is 3. The van der Waals surface area contributed by atoms with E-state index in [2.05, 4.69) is 10.6 Å². The van der Waals surface area contributed by atoms with Gasteiger partial charge in [-0.1, -0.05) is 0 Å². The summed E-state index contributed by atoms with van der Waals surface area (Å²) in [6.07, 6.45) is 0.944. The molecule has 1 unspecified atom stereocenters. The first-order valence-corrected chi connectivity index (χ1v) is 5.93. The largest absolute Gasteiger partial charge is 0.398 e. The highest BCUT2D eigenvalue weighted by Gasteiger charge is 2.25. The van der Waals surface area contributed by atoms with E-state index in [1.165, 1.54) is 0 Å². The van der Waals surface area contributed by atoms with Crippen molar-refractivity contribution in [2.75, 3.05) is 5.73 Å². The molecule has 4 N–H and O–H groups in total. The number of anilines is 1. The zero-order chi connectivity index (χ0) is 11.5. The summed E-state index contributed by atoms with van der Waals surface area (Å²) in [7, 11) is 0. The lowest BCUT2D eigenvalue weighted by molar-refractivity contribution is -0.134. The molecule has 2 heterocycles. The lowest BCUT2D eigenvalue weighted by atomic mass is 10.1. The maximum atomic E-state index is 11.4. The number of carbonyl (C=O) groups excluding carboxylic acids is 2. The highest BCUT2D eigenvalue weighted by molar-refractivity contribution is 7.10. The molecule has 2 amide bonds. The molecule has 1 atom stereocenters. The minimum absolute atomic E-state index is 0.196. The van der Waals surface area contributed by atoms with Crippen LogP contribution in [0.1, 0.15) is 17.7 Å². The van der Waals surface area contributed by atoms with Crippen LogP contribution in [0.25, 0.3) is 0 Å². The van der Waals surface area contributed by atoms with Crippen molar-refractivity contribution in [2.45, 2.75) is 25.4 Å². The van der Waals surface area contributed by atoms with E-state index in [1.54, 1.807) is 11.3 Å². The van der Waals surface area contributed by atoms with Crippen molar-refractivity contribution in [3.63, 3.8) is 0 Å². The third-order valence-corrected chi connectivity index (χ3v) is 3.46. The Morgan fingerprint density at radius 3 is 3.00 bits per heavy atom. The Morgan fingerprint density at radius 2 is 2.38 bits per heavy atom. The molecule has 86 valence electrons. The number of rotatable bonds is 3. The second kappa shape index (κ2) is 4.63. The molecule has 0 saturated carbocycles. The van der Waals surface area contributed by atoms with Crippen molar-refractivity contribution in [3.05, 3.63) is 16.3 Å². The molecule has 1 aliphatic heterocycles. The quantitative estimate of drug-likeness (QED) is 0.659. The molecule has 16 heavy (non-hydrogen) atoms. The monoisotopic (exact) mass is 239 g/mol. The van der Waals surface area contributed by atoms with Crippen LogP contribution in [0, 0.1) is 0 Å². The van der Waals surface area contributed by atoms with E-state index < -0.39 is 0 Å². The van der Waals surface area contributed by atoms with Crippen molar-refractivity contribution in [3.8, 4) is 0 Å². The number of carbonyl (C=O) groups is 2. The lowest BCUT2D eigenvalue weighted by Gasteiger charge is -2.21. The molecule has 6 heteroatoms. The van der Waals surface area contributed by atoms with Gasteiger partial charge in [-0.05, 0) is 17.9 Å². The van der Waals surface area contributed by atoms with Crippen molar-refractivity contribution in [2.24, 2.45) is 0 Å². The van der Waals surface area contributed by atoms with Crippen LogP contribution in [0.3, 0.4) is 0 Å². The van der Waals surface area contributed by atoms with Gasteiger partial charge < -0.3 is 11.1 Å². The van der Waals surface area contributed by atoms with Gasteiger partial charge in [-0.15, -0.1) is 11.3 Å². The Hall–Kier alpha value is -1.40. The van der Waals surface area contributed by atoms with Crippen LogP contribution in [0.5, 0.6) is 0 Å². The summed E-state index contributed by atoms with van der Waals surface area (Å²) in [5, 5.41) is 7.32. The van der Waals surface area contributed by atoms with Gasteiger partial charge in [-0.3, -0.25) is 14.9 Å². The highest BCUT2D eigenvalue weighted by Crippen LogP contribution is 2.18. The molecule has 0 radical (unpaired) electrons. The molecule has 1 saturated heterocycles. The number of amides is 2. The standard InChI is InChI=1S/C10H13N3O2S/c11-6-3-4-16-8(6)5-12-7-1-2-9(14)13-10(7)15/h3-4,7,12H,1-2,5,11H2,(H,13,14,15). The van der Waals surface area contributed by atoms with E-state index in [0.717, 1.165) is 10.6 Å². The Balaban J connectivity index is 1.89. The van der Waals surface area contributed by atoms with Crippen LogP contribution in [-0.2, 0) is 16.1 Å². The van der Waals surface area contributed by atoms with Gasteiger partial charge in [0.2, 0.25) is 11.8 Å². The summed E-state index contributed by atoms with van der Waals surface area (Å²) in [6.45, 7) is 0.565. The maximum Gasteiger partial charge on any atom is 0.243 e. The van der Waals surface area contributed by atoms with Crippen molar-refractivity contribution >= 4 is 28.8 Å². The average Bonchev–Trinajstić information content (AvgIpc) is 2.63. The number of imide groups is 1. The Labute approximate surface area is 97.0 Å². The molecule has 0 spiro atoms. The molecule has 0 aliphatic carbocycles. The molecule has 0 bridgehead atoms. The first-order chi connectivity index (χ1) is 7.66. The number of thiophene rings is 1. The smallest absolute Gasteiger partial charge is 0.243 e. The van der Waals surface area contributed by atoms with Gasteiger partial charge in [-0.2, -0.15) is 0 Å². The third-order valence-electron chi connectivity index (χ3n) is 2.53. The third kappa shape index (κ3) is 2.40. The van der Waals surface area contributed by atoms with Crippen molar-refractivity contribution in [1.82, 2.24) is 10.6 Å². The van der Waals surface area contributed by atoms with Gasteiger partial charge in [0.15, 0.2) is 0 Å². The molecule has 2 rings (SSSR count). The van der Waals surface area contributed by atoms with E-state index in [9.17, 15) is 9.59 Å². The average molecular weight is 239 g/mol. The summed E-state index contributed by atoms with van der Waals surface area (Å²) in [5.74, 6) is -0.440. The molecule has 5 nitrogen and oxygen atoms in total. The molecule has 1 aromatic heterocycles. The van der Waals surface area contributed by atoms with Crippen LogP contribution < -0.4 is 16.4 Å². The minimum Gasteiger partial charge on any atom is -0.398 e. The van der Waals surface area contributed by atoms with Crippen LogP contribution in [0.15, 0.2) is 11.4 Å². The van der Waals surface area contributed by atoms with Crippen molar-refractivity contribution < 1.29 is 9.59 Å². The summed E-state index contributed by atoms with van der Waals surface area (Å²) in [5.41, 5.74) is 6.47. The van der Waals surface area contributed by atoms with E-state index in [1.807, 2.05) is 11.4 Å². The summed E-state index contributed by atoms with van der Waals surface area (Å²) in [6, 6.07) is 1.55. The molecule has 1 aromatic rings. The predicted molar refractivity (Wildman–Crippen MR) is 61.7 cm³/mol. The normalized spacial score (nSPS) is 20.9. The molecular weight excluding hydrogens is 226 g/mol. The Morgan fingerprint density at radius 1 is 1.56 bits per heavy atom. The van der Waals surface area contributed by atoms with Crippen LogP contribution in [0.2, 0.25) is 0 Å². The molecular formula is C10H13N3O2S. The summed E-state index contributed by atoms with van der Waals surface area (Å²) >= 11 is 1.55. The molecule has 0 aromatic carbocycles. The van der Waals surface area contributed by atoms with Crippen LogP contribution in [-0.4, -0.2) is 17.9 Å². The van der Waals surface area contributed by atoms with Gasteiger partial charge in [0.05, 0.1) is 6.04 Å². The second-order valence-corrected chi connectivity index (χ2v) is 4.68. The van der Waals surface area contributed by atoms with Gasteiger partial charge in [-0.25, -0.2) is 0 Å². The number of nitrogens with two attached hydrogens (primary N) is 1. The molecule has 1 aliphatic rings. The number of nitrogens with one attached hydrogen (secondary N) is 2. The number of hydrogen-bond acceptors (Lipinski definition) is 5. The van der Waals surface area contributed by atoms with Gasteiger partial charge in [0.25, 0.3) is 0 Å². The van der Waals surface area contributed by atoms with Crippen LogP contribution >= 0.6 is 11.3 Å². The minimum atomic E-state index is -0.292. The van der Waals surface area contributed by atoms with Gasteiger partial charge >= 0.3 is 0 Å². The van der Waals surface area contributed by atoms with E-state index in [0.29, 0.717) is 19.4 Å². The van der Waals surface area contributed by atoms with Crippen molar-refractivity contribution in [1.29, 1.82) is 0 Å². The Kier molecular flexibility index (Phi) is 3.21. The Bertz CT molecular complexity index is 416. The zero-order valence-electron chi connectivity index (χ0n) is 8.66. The van der Waals surface area contributed by atoms with Crippen LogP contribution in [0.4, 0.5) is 5.69 Å². The van der Waals surface area contributed by atoms with E-state index in [-0.39, 0.29) is 17.9 Å². The van der Waals surface area contributed by atoms with Gasteiger partial charge in [0.1, 0.15) is 0 Å².